The molecular formula is C11H24Cl2N4O5P2. The zero-order valence-electron chi connectivity index (χ0n) is 13.7. The molecule has 1 saturated heterocycles. The number of rotatable bonds is 8. The molecule has 1 rings (SSSR count). The average molecular weight is 425 g/mol. The van der Waals surface area contributed by atoms with Crippen LogP contribution in [0.3, 0.4) is 0 Å². The first kappa shape index (κ1) is 22.2. The van der Waals surface area contributed by atoms with E-state index in [9.17, 15) is 19.1 Å². The Morgan fingerprint density at radius 3 is 2.50 bits per heavy atom. The highest BCUT2D eigenvalue weighted by Crippen LogP contribution is 2.49. The third-order valence-corrected chi connectivity index (χ3v) is 6.70. The first-order valence-electron chi connectivity index (χ1n) is 7.32. The zero-order valence-corrected chi connectivity index (χ0v) is 17.0. The van der Waals surface area contributed by atoms with Gasteiger partial charge in [0.1, 0.15) is 13.3 Å². The lowest BCUT2D eigenvalue weighted by atomic mass is 10.3. The Bertz CT molecular complexity index is 515. The second kappa shape index (κ2) is 9.74. The fourth-order valence-corrected chi connectivity index (χ4v) is 5.22. The van der Waals surface area contributed by atoms with E-state index in [2.05, 4.69) is 10.4 Å². The van der Waals surface area contributed by atoms with Gasteiger partial charge in [-0.1, -0.05) is 0 Å². The summed E-state index contributed by atoms with van der Waals surface area (Å²) in [4.78, 5) is 11.9. The third kappa shape index (κ3) is 6.81. The molecule has 1 fully saturated rings. The number of halogens is 2. The van der Waals surface area contributed by atoms with Crippen LogP contribution in [0.5, 0.6) is 0 Å². The van der Waals surface area contributed by atoms with Gasteiger partial charge in [-0.25, -0.2) is 14.6 Å². The SMILES string of the molecule is CP(C)(=O)CNC(=O)N(O)C1CCOP(=O)(N(CCCl)CCCl)N1. The van der Waals surface area contributed by atoms with Gasteiger partial charge in [0, 0.05) is 31.3 Å². The van der Waals surface area contributed by atoms with E-state index >= 15 is 0 Å². The van der Waals surface area contributed by atoms with Crippen molar-refractivity contribution in [1.29, 1.82) is 0 Å². The number of amides is 2. The minimum atomic E-state index is -3.48. The molecule has 1 aliphatic rings. The minimum absolute atomic E-state index is 0.0472. The lowest BCUT2D eigenvalue weighted by Gasteiger charge is -2.39. The highest BCUT2D eigenvalue weighted by molar-refractivity contribution is 7.62. The van der Waals surface area contributed by atoms with Gasteiger partial charge in [-0.3, -0.25) is 9.77 Å². The van der Waals surface area contributed by atoms with Crippen molar-refractivity contribution in [3.05, 3.63) is 0 Å². The summed E-state index contributed by atoms with van der Waals surface area (Å²) in [7, 11) is -5.95. The molecule has 1 heterocycles. The van der Waals surface area contributed by atoms with E-state index in [0.717, 1.165) is 0 Å². The summed E-state index contributed by atoms with van der Waals surface area (Å²) in [5.41, 5.74) is 0. The molecule has 9 nitrogen and oxygen atoms in total. The summed E-state index contributed by atoms with van der Waals surface area (Å²) in [6.45, 7) is 3.67. The molecule has 24 heavy (non-hydrogen) atoms. The molecule has 1 aliphatic heterocycles. The van der Waals surface area contributed by atoms with Gasteiger partial charge in [0.25, 0.3) is 0 Å². The smallest absolute Gasteiger partial charge is 0.329 e. The first-order chi connectivity index (χ1) is 11.1. The van der Waals surface area contributed by atoms with Gasteiger partial charge < -0.3 is 14.4 Å². The molecule has 13 heteroatoms. The Labute approximate surface area is 151 Å². The van der Waals surface area contributed by atoms with Crippen LogP contribution in [0, 0.1) is 0 Å². The fourth-order valence-electron chi connectivity index (χ4n) is 1.97. The summed E-state index contributed by atoms with van der Waals surface area (Å²) < 4.78 is 31.4. The van der Waals surface area contributed by atoms with Crippen LogP contribution in [-0.4, -0.2) is 78.2 Å². The maximum atomic E-state index is 12.9. The third-order valence-electron chi connectivity index (χ3n) is 3.14. The van der Waals surface area contributed by atoms with Crippen molar-refractivity contribution >= 4 is 44.0 Å². The van der Waals surface area contributed by atoms with Crippen LogP contribution in [0.15, 0.2) is 0 Å². The lowest BCUT2D eigenvalue weighted by molar-refractivity contribution is -0.0919. The summed E-state index contributed by atoms with van der Waals surface area (Å²) >= 11 is 11.4. The number of nitrogens with one attached hydrogen (secondary N) is 2. The van der Waals surface area contributed by atoms with E-state index in [1.165, 1.54) is 18.0 Å². The molecule has 2 atom stereocenters. The Balaban J connectivity index is 2.74. The van der Waals surface area contributed by atoms with Gasteiger partial charge in [0.05, 0.1) is 12.9 Å². The molecular weight excluding hydrogens is 401 g/mol. The molecule has 0 radical (unpaired) electrons. The second-order valence-corrected chi connectivity index (χ2v) is 12.0. The van der Waals surface area contributed by atoms with Gasteiger partial charge in [-0.15, -0.1) is 23.2 Å². The number of nitrogens with zero attached hydrogens (tertiary/aromatic N) is 2. The second-order valence-electron chi connectivity index (χ2n) is 5.68. The summed E-state index contributed by atoms with van der Waals surface area (Å²) in [6, 6.07) is -0.828. The molecule has 3 N–H and O–H groups in total. The Morgan fingerprint density at radius 2 is 2.00 bits per heavy atom. The maximum Gasteiger partial charge on any atom is 0.345 e. The van der Waals surface area contributed by atoms with E-state index in [-0.39, 0.29) is 44.2 Å². The summed E-state index contributed by atoms with van der Waals surface area (Å²) in [5, 5.41) is 15.5. The molecule has 2 amide bonds. The van der Waals surface area contributed by atoms with Crippen LogP contribution in [0.4, 0.5) is 4.79 Å². The highest BCUT2D eigenvalue weighted by atomic mass is 35.5. The summed E-state index contributed by atoms with van der Waals surface area (Å²) in [5.74, 6) is 0.449. The Morgan fingerprint density at radius 1 is 1.42 bits per heavy atom. The van der Waals surface area contributed by atoms with Gasteiger partial charge in [0.2, 0.25) is 0 Å². The van der Waals surface area contributed by atoms with Crippen molar-refractivity contribution < 1.29 is 23.7 Å². The number of urea groups is 1. The predicted molar refractivity (Wildman–Crippen MR) is 94.6 cm³/mol. The van der Waals surface area contributed by atoms with Crippen LogP contribution in [-0.2, 0) is 13.7 Å². The predicted octanol–water partition coefficient (Wildman–Crippen LogP) is 2.19. The van der Waals surface area contributed by atoms with Crippen molar-refractivity contribution in [2.24, 2.45) is 0 Å². The van der Waals surface area contributed by atoms with Gasteiger partial charge in [-0.05, 0) is 13.3 Å². The van der Waals surface area contributed by atoms with E-state index in [1.54, 1.807) is 0 Å². The zero-order chi connectivity index (χ0) is 18.4. The lowest BCUT2D eigenvalue weighted by Crippen LogP contribution is -2.53. The number of carbonyl (C=O) groups is 1. The normalized spacial score (nSPS) is 24.8. The highest BCUT2D eigenvalue weighted by Gasteiger charge is 2.40. The molecule has 0 saturated carbocycles. The fraction of sp³-hybridized carbons (Fsp3) is 0.909. The van der Waals surface area contributed by atoms with Crippen molar-refractivity contribution in [3.8, 4) is 0 Å². The van der Waals surface area contributed by atoms with E-state index in [4.69, 9.17) is 27.7 Å². The molecule has 0 aromatic heterocycles. The Hall–Kier alpha value is 0.150. The quantitative estimate of drug-likeness (QED) is 0.237. The van der Waals surface area contributed by atoms with E-state index in [0.29, 0.717) is 5.06 Å². The van der Waals surface area contributed by atoms with Crippen LogP contribution in [0.25, 0.3) is 0 Å². The van der Waals surface area contributed by atoms with E-state index < -0.39 is 27.0 Å². The molecule has 0 aliphatic carbocycles. The number of hydrogen-bond acceptors (Lipinski definition) is 5. The molecule has 0 bridgehead atoms. The Kier molecular flexibility index (Phi) is 9.01. The minimum Gasteiger partial charge on any atom is -0.329 e. The van der Waals surface area contributed by atoms with Gasteiger partial charge >= 0.3 is 13.7 Å². The number of hydroxylamine groups is 2. The van der Waals surface area contributed by atoms with Crippen LogP contribution in [0.2, 0.25) is 0 Å². The molecule has 0 spiro atoms. The number of hydrogen-bond donors (Lipinski definition) is 3. The monoisotopic (exact) mass is 424 g/mol. The molecule has 2 unspecified atom stereocenters. The molecule has 0 aromatic rings. The maximum absolute atomic E-state index is 12.9. The van der Waals surface area contributed by atoms with E-state index in [1.807, 2.05) is 0 Å². The standard InChI is InChI=1S/C11H24Cl2N4O5P2/c1-23(2,20)9-14-11(18)17(19)10-3-8-22-24(21,15-10)16(6-4-12)7-5-13/h10,19H,3-9H2,1-2H3,(H,14,18)(H,15,21). The molecule has 142 valence electrons. The van der Waals surface area contributed by atoms with Crippen molar-refractivity contribution in [2.45, 2.75) is 12.6 Å². The van der Waals surface area contributed by atoms with Crippen LogP contribution >= 0.6 is 38.0 Å². The van der Waals surface area contributed by atoms with Crippen LogP contribution < -0.4 is 10.4 Å². The van der Waals surface area contributed by atoms with Gasteiger partial charge in [0.15, 0.2) is 0 Å². The summed E-state index contributed by atoms with van der Waals surface area (Å²) in [6.07, 6.45) is -0.723. The van der Waals surface area contributed by atoms with Gasteiger partial charge in [-0.2, -0.15) is 5.06 Å². The van der Waals surface area contributed by atoms with Crippen molar-refractivity contribution in [2.75, 3.05) is 51.1 Å². The number of carbonyl (C=O) groups excluding carboxylic acids is 1. The molecule has 0 aromatic carbocycles. The topological polar surface area (TPSA) is 111 Å². The van der Waals surface area contributed by atoms with Crippen molar-refractivity contribution in [3.63, 3.8) is 0 Å². The number of alkyl halides is 2. The van der Waals surface area contributed by atoms with Crippen LogP contribution in [0.1, 0.15) is 6.42 Å². The largest absolute Gasteiger partial charge is 0.345 e. The van der Waals surface area contributed by atoms with Crippen molar-refractivity contribution in [1.82, 2.24) is 20.1 Å². The average Bonchev–Trinajstić information content (AvgIpc) is 2.51. The first-order valence-corrected chi connectivity index (χ1v) is 12.8.